The van der Waals surface area contributed by atoms with E-state index in [9.17, 15) is 19.4 Å². The first-order valence-corrected chi connectivity index (χ1v) is 11.6. The molecule has 7 heteroatoms. The fourth-order valence-corrected chi connectivity index (χ4v) is 5.61. The van der Waals surface area contributed by atoms with Crippen LogP contribution in [0.25, 0.3) is 0 Å². The summed E-state index contributed by atoms with van der Waals surface area (Å²) >= 11 is 6.01. The zero-order valence-electron chi connectivity index (χ0n) is 18.7. The van der Waals surface area contributed by atoms with Crippen LogP contribution < -0.4 is 9.64 Å². The summed E-state index contributed by atoms with van der Waals surface area (Å²) in [6.45, 7) is 0. The van der Waals surface area contributed by atoms with Gasteiger partial charge < -0.3 is 19.8 Å². The molecule has 3 aromatic carbocycles. The molecular weight excluding hydrogens is 457 g/mol. The van der Waals surface area contributed by atoms with Crippen LogP contribution >= 0.6 is 11.6 Å². The number of aliphatic hydroxyl groups is 1. The third-order valence-corrected chi connectivity index (χ3v) is 7.67. The number of anilines is 1. The zero-order chi connectivity index (χ0) is 24.1. The highest BCUT2D eigenvalue weighted by atomic mass is 35.5. The van der Waals surface area contributed by atoms with Crippen LogP contribution in [-0.4, -0.2) is 23.2 Å². The van der Waals surface area contributed by atoms with Gasteiger partial charge >= 0.3 is 0 Å². The minimum absolute atomic E-state index is 0.0295. The van der Waals surface area contributed by atoms with Crippen LogP contribution in [0.4, 0.5) is 10.1 Å². The molecule has 1 amide bonds. The summed E-state index contributed by atoms with van der Waals surface area (Å²) in [7, 11) is 1.52. The lowest BCUT2D eigenvalue weighted by molar-refractivity contribution is -0.149. The van der Waals surface area contributed by atoms with Crippen molar-refractivity contribution in [1.82, 2.24) is 0 Å². The first-order valence-electron chi connectivity index (χ1n) is 11.2. The van der Waals surface area contributed by atoms with Crippen molar-refractivity contribution in [2.24, 2.45) is 5.41 Å². The fourth-order valence-electron chi connectivity index (χ4n) is 5.49. The van der Waals surface area contributed by atoms with Gasteiger partial charge in [0.25, 0.3) is 0 Å². The van der Waals surface area contributed by atoms with Crippen molar-refractivity contribution in [2.45, 2.75) is 37.3 Å². The number of benzene rings is 3. The van der Waals surface area contributed by atoms with Crippen LogP contribution in [0.5, 0.6) is 11.5 Å². The predicted molar refractivity (Wildman–Crippen MR) is 128 cm³/mol. The summed E-state index contributed by atoms with van der Waals surface area (Å²) in [6.07, 6.45) is 1.67. The van der Waals surface area contributed by atoms with E-state index in [0.29, 0.717) is 47.7 Å². The maximum absolute atomic E-state index is 13.7. The number of methoxy groups -OCH3 is 1. The van der Waals surface area contributed by atoms with Gasteiger partial charge in [-0.05, 0) is 79.8 Å². The number of phenols is 1. The second-order valence-electron chi connectivity index (χ2n) is 9.17. The lowest BCUT2D eigenvalue weighted by Gasteiger charge is -2.59. The van der Waals surface area contributed by atoms with Gasteiger partial charge in [-0.3, -0.25) is 4.79 Å². The van der Waals surface area contributed by atoms with Crippen molar-refractivity contribution in [2.75, 3.05) is 12.0 Å². The minimum Gasteiger partial charge on any atom is -0.507 e. The number of ether oxygens (including phenoxy) is 1. The fraction of sp³-hybridized carbons (Fsp3) is 0.296. The van der Waals surface area contributed by atoms with Gasteiger partial charge in [0.05, 0.1) is 24.2 Å². The smallest absolute Gasteiger partial charge is 0.236 e. The maximum atomic E-state index is 13.7. The molecule has 34 heavy (non-hydrogen) atoms. The molecular formula is C27H25ClFNO4. The maximum Gasteiger partial charge on any atom is 0.236 e. The van der Waals surface area contributed by atoms with Crippen molar-refractivity contribution in [3.8, 4) is 11.5 Å². The molecule has 2 fully saturated rings. The zero-order valence-corrected chi connectivity index (χ0v) is 19.4. The standard InChI is InChI=1S/C27H25ClFNO4/c1-34-21-10-11-22(23(31)16-21)24-26(25(32)30(24)20-8-6-19(29)7-9-20)12-14-27(33,15-13-26)17-2-4-18(28)5-3-17/h2-11,16,24,31,33H,12-15H2,1H3/t24-,26?,27?/m1/s1. The second-order valence-corrected chi connectivity index (χ2v) is 9.61. The average Bonchev–Trinajstić information content (AvgIpc) is 2.84. The summed E-state index contributed by atoms with van der Waals surface area (Å²) in [5, 5.41) is 22.8. The number of carbonyl (C=O) groups is 1. The van der Waals surface area contributed by atoms with Crippen LogP contribution in [0.1, 0.15) is 42.9 Å². The number of carbonyl (C=O) groups excluding carboxylic acids is 1. The molecule has 5 rings (SSSR count). The van der Waals surface area contributed by atoms with Gasteiger partial charge in [0.15, 0.2) is 0 Å². The number of phenolic OH excluding ortho intramolecular Hbond substituents is 1. The topological polar surface area (TPSA) is 70.0 Å². The van der Waals surface area contributed by atoms with Crippen LogP contribution in [0.15, 0.2) is 66.7 Å². The Balaban J connectivity index is 1.51. The summed E-state index contributed by atoms with van der Waals surface area (Å²) < 4.78 is 18.8. The van der Waals surface area contributed by atoms with Crippen LogP contribution in [0, 0.1) is 11.2 Å². The van der Waals surface area contributed by atoms with E-state index < -0.39 is 17.1 Å². The van der Waals surface area contributed by atoms with E-state index in [1.54, 1.807) is 41.3 Å². The Labute approximate surface area is 202 Å². The number of aromatic hydroxyl groups is 1. The number of rotatable bonds is 4. The lowest BCUT2D eigenvalue weighted by atomic mass is 9.56. The molecule has 1 heterocycles. The van der Waals surface area contributed by atoms with Crippen molar-refractivity contribution in [3.05, 3.63) is 88.7 Å². The van der Waals surface area contributed by atoms with Crippen molar-refractivity contribution in [1.29, 1.82) is 0 Å². The summed E-state index contributed by atoms with van der Waals surface area (Å²) in [5.41, 5.74) is 0.105. The van der Waals surface area contributed by atoms with E-state index in [2.05, 4.69) is 0 Å². The summed E-state index contributed by atoms with van der Waals surface area (Å²) in [5.74, 6) is 0.0652. The van der Waals surface area contributed by atoms with Crippen LogP contribution in [-0.2, 0) is 10.4 Å². The van der Waals surface area contributed by atoms with Gasteiger partial charge in [0, 0.05) is 22.3 Å². The molecule has 0 bridgehead atoms. The molecule has 176 valence electrons. The van der Waals surface area contributed by atoms with Gasteiger partial charge in [-0.2, -0.15) is 0 Å². The average molecular weight is 482 g/mol. The molecule has 5 nitrogen and oxygen atoms in total. The monoisotopic (exact) mass is 481 g/mol. The predicted octanol–water partition coefficient (Wildman–Crippen LogP) is 5.73. The van der Waals surface area contributed by atoms with Gasteiger partial charge in [-0.1, -0.05) is 23.7 Å². The molecule has 3 aromatic rings. The van der Waals surface area contributed by atoms with E-state index in [0.717, 1.165) is 5.56 Å². The van der Waals surface area contributed by atoms with E-state index in [-0.39, 0.29) is 17.5 Å². The highest BCUT2D eigenvalue weighted by molar-refractivity contribution is 6.30. The molecule has 0 aromatic heterocycles. The quantitative estimate of drug-likeness (QED) is 0.467. The Bertz CT molecular complexity index is 1220. The molecule has 1 atom stereocenters. The Morgan fingerprint density at radius 3 is 2.24 bits per heavy atom. The summed E-state index contributed by atoms with van der Waals surface area (Å²) in [4.78, 5) is 15.3. The number of β-lactam (4-membered cyclic amide) rings is 1. The summed E-state index contributed by atoms with van der Waals surface area (Å²) in [6, 6.07) is 17.5. The largest absolute Gasteiger partial charge is 0.507 e. The van der Waals surface area contributed by atoms with Gasteiger partial charge in [0.1, 0.15) is 17.3 Å². The molecule has 1 aliphatic heterocycles. The molecule has 0 unspecified atom stereocenters. The Morgan fingerprint density at radius 1 is 1.00 bits per heavy atom. The molecule has 0 radical (unpaired) electrons. The van der Waals surface area contributed by atoms with Crippen molar-refractivity contribution in [3.63, 3.8) is 0 Å². The highest BCUT2D eigenvalue weighted by Crippen LogP contribution is 2.62. The molecule has 1 saturated heterocycles. The number of nitrogens with zero attached hydrogens (tertiary/aromatic N) is 1. The molecule has 1 aliphatic carbocycles. The van der Waals surface area contributed by atoms with Gasteiger partial charge in [-0.25, -0.2) is 4.39 Å². The Morgan fingerprint density at radius 2 is 1.65 bits per heavy atom. The lowest BCUT2D eigenvalue weighted by Crippen LogP contribution is -2.65. The van der Waals surface area contributed by atoms with E-state index in [1.807, 2.05) is 12.1 Å². The second kappa shape index (κ2) is 8.29. The van der Waals surface area contributed by atoms with Crippen molar-refractivity contribution < 1.29 is 24.1 Å². The third-order valence-electron chi connectivity index (χ3n) is 7.41. The first kappa shape index (κ1) is 22.7. The van der Waals surface area contributed by atoms with Crippen molar-refractivity contribution >= 4 is 23.2 Å². The third kappa shape index (κ3) is 3.53. The van der Waals surface area contributed by atoms with E-state index in [4.69, 9.17) is 16.3 Å². The Hall–Kier alpha value is -3.09. The SMILES string of the molecule is COc1ccc([C@H]2N(c3ccc(F)cc3)C(=O)C23CCC(O)(c2ccc(Cl)cc2)CC3)c(O)c1. The minimum atomic E-state index is -1.06. The van der Waals surface area contributed by atoms with E-state index >= 15 is 0 Å². The Kier molecular flexibility index (Phi) is 5.53. The molecule has 2 aliphatic rings. The molecule has 2 N–H and O–H groups in total. The van der Waals surface area contributed by atoms with Gasteiger partial charge in [-0.15, -0.1) is 0 Å². The van der Waals surface area contributed by atoms with Crippen LogP contribution in [0.2, 0.25) is 5.02 Å². The molecule has 1 saturated carbocycles. The molecule has 1 spiro atoms. The number of hydrogen-bond donors (Lipinski definition) is 2. The normalized spacial score (nSPS) is 26.4. The highest BCUT2D eigenvalue weighted by Gasteiger charge is 2.64. The number of amides is 1. The van der Waals surface area contributed by atoms with Crippen LogP contribution in [0.3, 0.4) is 0 Å². The number of halogens is 2. The number of hydrogen-bond acceptors (Lipinski definition) is 4. The van der Waals surface area contributed by atoms with Gasteiger partial charge in [0.2, 0.25) is 5.91 Å². The first-order chi connectivity index (χ1) is 16.3. The van der Waals surface area contributed by atoms with E-state index in [1.165, 1.54) is 25.3 Å².